The van der Waals surface area contributed by atoms with Crippen LogP contribution in [0, 0.1) is 0 Å². The standard InChI is InChI=1S/C13H18ClNO2/c1-10(6-5-9-16)15-13(17)12(14)11-7-3-2-4-8-11/h2-4,7-8,10,12,16H,5-6,9H2,1H3,(H,15,17). The summed E-state index contributed by atoms with van der Waals surface area (Å²) < 4.78 is 0. The van der Waals surface area contributed by atoms with Gasteiger partial charge in [0, 0.05) is 12.6 Å². The molecule has 0 aliphatic heterocycles. The number of amides is 1. The van der Waals surface area contributed by atoms with E-state index in [1.165, 1.54) is 0 Å². The fourth-order valence-corrected chi connectivity index (χ4v) is 1.77. The van der Waals surface area contributed by atoms with E-state index in [4.69, 9.17) is 16.7 Å². The summed E-state index contributed by atoms with van der Waals surface area (Å²) in [6.45, 7) is 2.05. The van der Waals surface area contributed by atoms with E-state index in [0.29, 0.717) is 6.42 Å². The van der Waals surface area contributed by atoms with Crippen LogP contribution in [0.4, 0.5) is 0 Å². The molecule has 4 heteroatoms. The van der Waals surface area contributed by atoms with Crippen LogP contribution in [0.5, 0.6) is 0 Å². The monoisotopic (exact) mass is 255 g/mol. The summed E-state index contributed by atoms with van der Waals surface area (Å²) in [5.74, 6) is -0.191. The van der Waals surface area contributed by atoms with E-state index in [0.717, 1.165) is 12.0 Å². The van der Waals surface area contributed by atoms with Gasteiger partial charge < -0.3 is 10.4 Å². The second-order valence-electron chi connectivity index (χ2n) is 4.05. The first-order valence-electron chi connectivity index (χ1n) is 5.75. The first kappa shape index (κ1) is 14.0. The molecule has 0 spiro atoms. The van der Waals surface area contributed by atoms with E-state index in [-0.39, 0.29) is 18.6 Å². The molecule has 1 rings (SSSR count). The van der Waals surface area contributed by atoms with Gasteiger partial charge in [-0.3, -0.25) is 4.79 Å². The van der Waals surface area contributed by atoms with Crippen molar-refractivity contribution in [2.24, 2.45) is 0 Å². The molecule has 3 nitrogen and oxygen atoms in total. The number of halogens is 1. The van der Waals surface area contributed by atoms with E-state index in [2.05, 4.69) is 5.32 Å². The van der Waals surface area contributed by atoms with Gasteiger partial charge in [-0.05, 0) is 25.3 Å². The number of carbonyl (C=O) groups is 1. The van der Waals surface area contributed by atoms with Crippen LogP contribution in [-0.4, -0.2) is 23.7 Å². The molecular formula is C13H18ClNO2. The van der Waals surface area contributed by atoms with Crippen LogP contribution in [0.15, 0.2) is 30.3 Å². The van der Waals surface area contributed by atoms with Gasteiger partial charge in [0.15, 0.2) is 0 Å². The summed E-state index contributed by atoms with van der Waals surface area (Å²) in [7, 11) is 0. The highest BCUT2D eigenvalue weighted by Gasteiger charge is 2.18. The molecular weight excluding hydrogens is 238 g/mol. The summed E-state index contributed by atoms with van der Waals surface area (Å²) in [4.78, 5) is 11.8. The highest BCUT2D eigenvalue weighted by molar-refractivity contribution is 6.30. The first-order chi connectivity index (χ1) is 8.15. The third-order valence-corrected chi connectivity index (χ3v) is 2.96. The van der Waals surface area contributed by atoms with E-state index >= 15 is 0 Å². The molecule has 0 aliphatic rings. The van der Waals surface area contributed by atoms with Gasteiger partial charge in [-0.15, -0.1) is 11.6 Å². The van der Waals surface area contributed by atoms with Gasteiger partial charge in [-0.2, -0.15) is 0 Å². The Morgan fingerprint density at radius 1 is 1.41 bits per heavy atom. The van der Waals surface area contributed by atoms with Crippen molar-refractivity contribution in [2.75, 3.05) is 6.61 Å². The quantitative estimate of drug-likeness (QED) is 0.766. The molecule has 0 saturated heterocycles. The summed E-state index contributed by atoms with van der Waals surface area (Å²) >= 11 is 6.07. The molecule has 0 fully saturated rings. The van der Waals surface area contributed by atoms with Crippen molar-refractivity contribution in [3.63, 3.8) is 0 Å². The zero-order valence-corrected chi connectivity index (χ0v) is 10.7. The Balaban J connectivity index is 2.47. The van der Waals surface area contributed by atoms with E-state index in [1.807, 2.05) is 37.3 Å². The average molecular weight is 256 g/mol. The number of benzene rings is 1. The number of rotatable bonds is 6. The maximum atomic E-state index is 11.8. The normalized spacial score (nSPS) is 14.1. The Morgan fingerprint density at radius 2 is 2.06 bits per heavy atom. The predicted molar refractivity (Wildman–Crippen MR) is 69.0 cm³/mol. The molecule has 0 aromatic heterocycles. The maximum Gasteiger partial charge on any atom is 0.242 e. The lowest BCUT2D eigenvalue weighted by molar-refractivity contribution is -0.121. The molecule has 0 bridgehead atoms. The number of alkyl halides is 1. The Hall–Kier alpha value is -1.06. The highest BCUT2D eigenvalue weighted by atomic mass is 35.5. The SMILES string of the molecule is CC(CCCO)NC(=O)C(Cl)c1ccccc1. The molecule has 2 unspecified atom stereocenters. The molecule has 17 heavy (non-hydrogen) atoms. The molecule has 0 heterocycles. The summed E-state index contributed by atoms with van der Waals surface area (Å²) in [5, 5.41) is 10.9. The predicted octanol–water partition coefficient (Wildman–Crippen LogP) is 2.24. The molecule has 94 valence electrons. The van der Waals surface area contributed by atoms with Gasteiger partial charge >= 0.3 is 0 Å². The Labute approximate surface area is 107 Å². The fraction of sp³-hybridized carbons (Fsp3) is 0.462. The molecule has 1 aromatic carbocycles. The highest BCUT2D eigenvalue weighted by Crippen LogP contribution is 2.20. The largest absolute Gasteiger partial charge is 0.396 e. The van der Waals surface area contributed by atoms with Crippen LogP contribution >= 0.6 is 11.6 Å². The molecule has 0 radical (unpaired) electrons. The average Bonchev–Trinajstić information content (AvgIpc) is 2.36. The Morgan fingerprint density at radius 3 is 2.65 bits per heavy atom. The van der Waals surface area contributed by atoms with Crippen molar-refractivity contribution in [1.29, 1.82) is 0 Å². The number of hydrogen-bond donors (Lipinski definition) is 2. The lowest BCUT2D eigenvalue weighted by Gasteiger charge is -2.16. The Bertz CT molecular complexity index is 343. The van der Waals surface area contributed by atoms with Gasteiger partial charge in [0.05, 0.1) is 0 Å². The second-order valence-corrected chi connectivity index (χ2v) is 4.49. The molecule has 2 atom stereocenters. The fourth-order valence-electron chi connectivity index (χ4n) is 1.56. The number of aliphatic hydroxyl groups is 1. The number of aliphatic hydroxyl groups excluding tert-OH is 1. The molecule has 2 N–H and O–H groups in total. The van der Waals surface area contributed by atoms with Gasteiger partial charge in [-0.1, -0.05) is 30.3 Å². The lowest BCUT2D eigenvalue weighted by Crippen LogP contribution is -2.34. The topological polar surface area (TPSA) is 49.3 Å². The Kier molecular flexibility index (Phi) is 6.01. The van der Waals surface area contributed by atoms with Crippen molar-refractivity contribution in [2.45, 2.75) is 31.2 Å². The third kappa shape index (κ3) is 4.75. The minimum Gasteiger partial charge on any atom is -0.396 e. The summed E-state index contributed by atoms with van der Waals surface area (Å²) in [5.41, 5.74) is 0.793. The number of nitrogens with one attached hydrogen (secondary N) is 1. The smallest absolute Gasteiger partial charge is 0.242 e. The van der Waals surface area contributed by atoms with E-state index in [9.17, 15) is 4.79 Å². The van der Waals surface area contributed by atoms with Crippen LogP contribution in [0.1, 0.15) is 30.7 Å². The van der Waals surface area contributed by atoms with Crippen molar-refractivity contribution in [3.8, 4) is 0 Å². The van der Waals surface area contributed by atoms with Gasteiger partial charge in [0.1, 0.15) is 5.38 Å². The molecule has 1 amide bonds. The lowest BCUT2D eigenvalue weighted by atomic mass is 10.1. The van der Waals surface area contributed by atoms with E-state index in [1.54, 1.807) is 0 Å². The van der Waals surface area contributed by atoms with Crippen LogP contribution in [0.25, 0.3) is 0 Å². The minimum atomic E-state index is -0.659. The maximum absolute atomic E-state index is 11.8. The van der Waals surface area contributed by atoms with Crippen LogP contribution in [-0.2, 0) is 4.79 Å². The van der Waals surface area contributed by atoms with Crippen molar-refractivity contribution in [3.05, 3.63) is 35.9 Å². The molecule has 1 aromatic rings. The van der Waals surface area contributed by atoms with E-state index < -0.39 is 5.38 Å². The number of carbonyl (C=O) groups excluding carboxylic acids is 1. The van der Waals surface area contributed by atoms with Crippen LogP contribution in [0.3, 0.4) is 0 Å². The van der Waals surface area contributed by atoms with Crippen molar-refractivity contribution in [1.82, 2.24) is 5.32 Å². The van der Waals surface area contributed by atoms with Crippen LogP contribution < -0.4 is 5.32 Å². The van der Waals surface area contributed by atoms with Crippen molar-refractivity contribution >= 4 is 17.5 Å². The first-order valence-corrected chi connectivity index (χ1v) is 6.19. The molecule has 0 aliphatic carbocycles. The minimum absolute atomic E-state index is 0.0274. The van der Waals surface area contributed by atoms with Crippen LogP contribution in [0.2, 0.25) is 0 Å². The molecule has 0 saturated carbocycles. The van der Waals surface area contributed by atoms with Crippen molar-refractivity contribution < 1.29 is 9.90 Å². The van der Waals surface area contributed by atoms with Gasteiger partial charge in [0.25, 0.3) is 0 Å². The van der Waals surface area contributed by atoms with Gasteiger partial charge in [-0.25, -0.2) is 0 Å². The zero-order chi connectivity index (χ0) is 12.7. The van der Waals surface area contributed by atoms with Gasteiger partial charge in [0.2, 0.25) is 5.91 Å². The second kappa shape index (κ2) is 7.30. The summed E-state index contributed by atoms with van der Waals surface area (Å²) in [6.07, 6.45) is 1.43. The number of hydrogen-bond acceptors (Lipinski definition) is 2. The summed E-state index contributed by atoms with van der Waals surface area (Å²) in [6, 6.07) is 9.28. The zero-order valence-electron chi connectivity index (χ0n) is 9.90. The third-order valence-electron chi connectivity index (χ3n) is 2.51.